The number of amides is 2. The summed E-state index contributed by atoms with van der Waals surface area (Å²) in [4.78, 5) is 25.9. The van der Waals surface area contributed by atoms with Crippen LogP contribution in [0.4, 0.5) is 0 Å². The maximum Gasteiger partial charge on any atom is 0.254 e. The second-order valence-electron chi connectivity index (χ2n) is 6.17. The van der Waals surface area contributed by atoms with E-state index in [1.807, 2.05) is 35.2 Å². The summed E-state index contributed by atoms with van der Waals surface area (Å²) < 4.78 is 0. The van der Waals surface area contributed by atoms with Crippen LogP contribution >= 0.6 is 0 Å². The van der Waals surface area contributed by atoms with E-state index in [1.165, 1.54) is 0 Å². The van der Waals surface area contributed by atoms with Crippen LogP contribution in [0, 0.1) is 0 Å². The third-order valence-corrected chi connectivity index (χ3v) is 4.72. The second kappa shape index (κ2) is 5.54. The predicted octanol–water partition coefficient (Wildman–Crippen LogP) is 2.59. The molecule has 2 aromatic carbocycles. The van der Waals surface area contributed by atoms with Gasteiger partial charge in [-0.15, -0.1) is 0 Å². The van der Waals surface area contributed by atoms with Crippen molar-refractivity contribution in [2.24, 2.45) is 0 Å². The van der Waals surface area contributed by atoms with Crippen LogP contribution in [0.25, 0.3) is 11.1 Å². The highest BCUT2D eigenvalue weighted by Gasteiger charge is 2.34. The summed E-state index contributed by atoms with van der Waals surface area (Å²) in [6, 6.07) is 16.4. The van der Waals surface area contributed by atoms with Crippen molar-refractivity contribution < 1.29 is 9.59 Å². The van der Waals surface area contributed by atoms with E-state index in [9.17, 15) is 9.59 Å². The molecule has 116 valence electrons. The van der Waals surface area contributed by atoms with Crippen LogP contribution in [0.2, 0.25) is 0 Å². The zero-order valence-corrected chi connectivity index (χ0v) is 12.8. The lowest BCUT2D eigenvalue weighted by Crippen LogP contribution is -2.48. The Hall–Kier alpha value is -2.62. The van der Waals surface area contributed by atoms with Crippen molar-refractivity contribution in [1.29, 1.82) is 0 Å². The normalized spacial score (nSPS) is 20.3. The maximum absolute atomic E-state index is 12.6. The number of carbonyl (C=O) groups excluding carboxylic acids is 2. The molecule has 1 unspecified atom stereocenters. The minimum absolute atomic E-state index is 0.0803. The summed E-state index contributed by atoms with van der Waals surface area (Å²) in [5, 5.41) is 2.86. The second-order valence-corrected chi connectivity index (χ2v) is 6.17. The molecule has 4 heteroatoms. The molecule has 0 saturated carbocycles. The van der Waals surface area contributed by atoms with Gasteiger partial charge in [-0.2, -0.15) is 0 Å². The van der Waals surface area contributed by atoms with Crippen molar-refractivity contribution in [2.75, 3.05) is 6.54 Å². The van der Waals surface area contributed by atoms with Crippen molar-refractivity contribution in [1.82, 2.24) is 10.2 Å². The molecular formula is C19H18N2O2. The summed E-state index contributed by atoms with van der Waals surface area (Å²) in [6.07, 6.45) is 1.25. The number of benzene rings is 2. The third-order valence-electron chi connectivity index (χ3n) is 4.72. The molecule has 23 heavy (non-hydrogen) atoms. The molecular weight excluding hydrogens is 288 g/mol. The molecule has 2 aliphatic heterocycles. The Morgan fingerprint density at radius 1 is 1.00 bits per heavy atom. The lowest BCUT2D eigenvalue weighted by Gasteiger charge is -2.31. The fraction of sp³-hybridized carbons (Fsp3) is 0.263. The van der Waals surface area contributed by atoms with E-state index in [4.69, 9.17) is 0 Å². The molecule has 0 aliphatic carbocycles. The SMILES string of the molecule is O=C1CCC(N2Cc3cc(-c4ccccc4)ccc3C2=O)CN1. The summed E-state index contributed by atoms with van der Waals surface area (Å²) in [6.45, 7) is 1.19. The van der Waals surface area contributed by atoms with E-state index >= 15 is 0 Å². The number of hydrogen-bond donors (Lipinski definition) is 1. The Bertz CT molecular complexity index is 760. The van der Waals surface area contributed by atoms with E-state index in [-0.39, 0.29) is 17.9 Å². The van der Waals surface area contributed by atoms with Gasteiger partial charge in [-0.3, -0.25) is 9.59 Å². The number of nitrogens with one attached hydrogen (secondary N) is 1. The van der Waals surface area contributed by atoms with Crippen LogP contribution in [0.5, 0.6) is 0 Å². The van der Waals surface area contributed by atoms with Gasteiger partial charge in [0, 0.05) is 25.1 Å². The number of piperidine rings is 1. The average Bonchev–Trinajstić information content (AvgIpc) is 2.93. The molecule has 0 aromatic heterocycles. The molecule has 1 fully saturated rings. The first-order chi connectivity index (χ1) is 11.2. The van der Waals surface area contributed by atoms with Crippen molar-refractivity contribution in [3.05, 3.63) is 59.7 Å². The smallest absolute Gasteiger partial charge is 0.254 e. The molecule has 2 heterocycles. The van der Waals surface area contributed by atoms with Gasteiger partial charge in [0.2, 0.25) is 5.91 Å². The monoisotopic (exact) mass is 306 g/mol. The van der Waals surface area contributed by atoms with Crippen LogP contribution in [-0.2, 0) is 11.3 Å². The highest BCUT2D eigenvalue weighted by Crippen LogP contribution is 2.30. The minimum atomic E-state index is 0.0803. The predicted molar refractivity (Wildman–Crippen MR) is 87.8 cm³/mol. The van der Waals surface area contributed by atoms with Crippen LogP contribution in [0.3, 0.4) is 0 Å². The number of rotatable bonds is 2. The zero-order valence-electron chi connectivity index (χ0n) is 12.8. The molecule has 4 rings (SSSR count). The third kappa shape index (κ3) is 2.50. The molecule has 0 bridgehead atoms. The van der Waals surface area contributed by atoms with Gasteiger partial charge in [0.25, 0.3) is 5.91 Å². The van der Waals surface area contributed by atoms with Crippen molar-refractivity contribution in [3.63, 3.8) is 0 Å². The van der Waals surface area contributed by atoms with Gasteiger partial charge in [0.1, 0.15) is 0 Å². The average molecular weight is 306 g/mol. The van der Waals surface area contributed by atoms with Crippen LogP contribution in [-0.4, -0.2) is 29.3 Å². The fourth-order valence-corrected chi connectivity index (χ4v) is 3.43. The van der Waals surface area contributed by atoms with Crippen molar-refractivity contribution in [2.45, 2.75) is 25.4 Å². The quantitative estimate of drug-likeness (QED) is 0.927. The first kappa shape index (κ1) is 14.0. The standard InChI is InChI=1S/C19H18N2O2/c22-18-9-7-16(11-20-18)21-12-15-10-14(6-8-17(15)19(21)23)13-4-2-1-3-5-13/h1-6,8,10,16H,7,9,11-12H2,(H,20,22). The largest absolute Gasteiger partial charge is 0.354 e. The molecule has 4 nitrogen and oxygen atoms in total. The highest BCUT2D eigenvalue weighted by molar-refractivity contribution is 5.99. The number of carbonyl (C=O) groups is 2. The number of hydrogen-bond acceptors (Lipinski definition) is 2. The minimum Gasteiger partial charge on any atom is -0.354 e. The molecule has 2 amide bonds. The zero-order chi connectivity index (χ0) is 15.8. The Kier molecular flexibility index (Phi) is 3.37. The van der Waals surface area contributed by atoms with Gasteiger partial charge < -0.3 is 10.2 Å². The molecule has 1 atom stereocenters. The Morgan fingerprint density at radius 2 is 1.83 bits per heavy atom. The Morgan fingerprint density at radius 3 is 2.57 bits per heavy atom. The maximum atomic E-state index is 12.6. The molecule has 1 N–H and O–H groups in total. The van der Waals surface area contributed by atoms with Gasteiger partial charge in [0.05, 0.1) is 6.04 Å². The van der Waals surface area contributed by atoms with Gasteiger partial charge in [-0.05, 0) is 35.2 Å². The molecule has 2 aliphatic rings. The van der Waals surface area contributed by atoms with Gasteiger partial charge in [0.15, 0.2) is 0 Å². The highest BCUT2D eigenvalue weighted by atomic mass is 16.2. The number of nitrogens with zero attached hydrogens (tertiary/aromatic N) is 1. The van der Waals surface area contributed by atoms with Crippen LogP contribution < -0.4 is 5.32 Å². The summed E-state index contributed by atoms with van der Waals surface area (Å²) in [5.41, 5.74) is 4.16. The van der Waals surface area contributed by atoms with E-state index in [0.717, 1.165) is 28.7 Å². The van der Waals surface area contributed by atoms with E-state index in [2.05, 4.69) is 23.5 Å². The van der Waals surface area contributed by atoms with E-state index in [1.54, 1.807) is 0 Å². The van der Waals surface area contributed by atoms with Crippen LogP contribution in [0.1, 0.15) is 28.8 Å². The first-order valence-electron chi connectivity index (χ1n) is 7.98. The van der Waals surface area contributed by atoms with Crippen molar-refractivity contribution >= 4 is 11.8 Å². The Balaban J connectivity index is 1.60. The first-order valence-corrected chi connectivity index (χ1v) is 7.98. The molecule has 0 radical (unpaired) electrons. The lowest BCUT2D eigenvalue weighted by molar-refractivity contribution is -0.123. The Labute approximate surface area is 135 Å². The van der Waals surface area contributed by atoms with E-state index < -0.39 is 0 Å². The van der Waals surface area contributed by atoms with Gasteiger partial charge in [-0.1, -0.05) is 36.4 Å². The van der Waals surface area contributed by atoms with Crippen molar-refractivity contribution in [3.8, 4) is 11.1 Å². The van der Waals surface area contributed by atoms with Gasteiger partial charge >= 0.3 is 0 Å². The molecule has 2 aromatic rings. The number of fused-ring (bicyclic) bond motifs is 1. The van der Waals surface area contributed by atoms with E-state index in [0.29, 0.717) is 19.5 Å². The molecule has 0 spiro atoms. The van der Waals surface area contributed by atoms with Crippen LogP contribution in [0.15, 0.2) is 48.5 Å². The van der Waals surface area contributed by atoms with Gasteiger partial charge in [-0.25, -0.2) is 0 Å². The molecule has 1 saturated heterocycles. The fourth-order valence-electron chi connectivity index (χ4n) is 3.43. The topological polar surface area (TPSA) is 49.4 Å². The summed E-state index contributed by atoms with van der Waals surface area (Å²) in [7, 11) is 0. The summed E-state index contributed by atoms with van der Waals surface area (Å²) in [5.74, 6) is 0.164. The lowest BCUT2D eigenvalue weighted by atomic mass is 10.0. The summed E-state index contributed by atoms with van der Waals surface area (Å²) >= 11 is 0.